The van der Waals surface area contributed by atoms with Gasteiger partial charge in [-0.05, 0) is 69.7 Å². The van der Waals surface area contributed by atoms with Gasteiger partial charge in [-0.2, -0.15) is 4.31 Å². The first-order chi connectivity index (χ1) is 14.5. The highest BCUT2D eigenvalue weighted by Gasteiger charge is 2.25. The number of likely N-dealkylation sites (tertiary alicyclic amines) is 1. The van der Waals surface area contributed by atoms with Crippen LogP contribution in [0.4, 0.5) is 0 Å². The van der Waals surface area contributed by atoms with E-state index < -0.39 is 10.0 Å². The number of hydrogen-bond donors (Lipinski definition) is 1. The van der Waals surface area contributed by atoms with Crippen LogP contribution in [0.2, 0.25) is 0 Å². The fourth-order valence-electron chi connectivity index (χ4n) is 4.43. The standard InChI is InChI=1S/C23H37N3O3S/c1-20-8-3-6-16-25(20)17-7-15-24-23(27)14-11-21-9-12-22(13-10-21)30(28,29)26-18-4-2-5-19-26/h9-10,12-13,20H,2-8,11,14-19H2,1H3,(H,24,27)/t20-/m0/s1. The van der Waals surface area contributed by atoms with Gasteiger partial charge in [-0.3, -0.25) is 4.79 Å². The van der Waals surface area contributed by atoms with Gasteiger partial charge in [-0.15, -0.1) is 0 Å². The Balaban J connectivity index is 1.37. The van der Waals surface area contributed by atoms with E-state index in [1.807, 2.05) is 12.1 Å². The molecule has 1 N–H and O–H groups in total. The molecule has 0 aromatic heterocycles. The third-order valence-corrected chi connectivity index (χ3v) is 8.31. The molecule has 2 aliphatic rings. The topological polar surface area (TPSA) is 69.7 Å². The highest BCUT2D eigenvalue weighted by Crippen LogP contribution is 2.21. The number of benzene rings is 1. The average molecular weight is 436 g/mol. The number of hydrogen-bond acceptors (Lipinski definition) is 4. The van der Waals surface area contributed by atoms with Gasteiger partial charge in [-0.25, -0.2) is 8.42 Å². The van der Waals surface area contributed by atoms with E-state index >= 15 is 0 Å². The summed E-state index contributed by atoms with van der Waals surface area (Å²) in [6.07, 6.45) is 8.91. The second-order valence-electron chi connectivity index (χ2n) is 8.69. The zero-order valence-corrected chi connectivity index (χ0v) is 19.1. The lowest BCUT2D eigenvalue weighted by Gasteiger charge is -2.33. The van der Waals surface area contributed by atoms with E-state index in [0.717, 1.165) is 44.3 Å². The molecule has 0 spiro atoms. The zero-order valence-electron chi connectivity index (χ0n) is 18.3. The number of carbonyl (C=O) groups is 1. The van der Waals surface area contributed by atoms with Crippen LogP contribution in [0.1, 0.15) is 63.9 Å². The third kappa shape index (κ3) is 6.53. The summed E-state index contributed by atoms with van der Waals surface area (Å²) in [6.45, 7) is 6.46. The first kappa shape index (κ1) is 23.2. The quantitative estimate of drug-likeness (QED) is 0.605. The SMILES string of the molecule is C[C@H]1CCCCN1CCCNC(=O)CCc1ccc(S(=O)(=O)N2CCCCC2)cc1. The summed E-state index contributed by atoms with van der Waals surface area (Å²) >= 11 is 0. The number of piperidine rings is 2. The molecule has 3 rings (SSSR count). The molecule has 30 heavy (non-hydrogen) atoms. The van der Waals surface area contributed by atoms with Crippen molar-refractivity contribution in [3.63, 3.8) is 0 Å². The van der Waals surface area contributed by atoms with Gasteiger partial charge in [0.05, 0.1) is 4.90 Å². The van der Waals surface area contributed by atoms with Crippen molar-refractivity contribution in [3.8, 4) is 0 Å². The molecule has 2 aliphatic heterocycles. The van der Waals surface area contributed by atoms with Crippen molar-refractivity contribution in [2.24, 2.45) is 0 Å². The van der Waals surface area contributed by atoms with E-state index in [-0.39, 0.29) is 5.91 Å². The Labute approximate surface area is 182 Å². The van der Waals surface area contributed by atoms with E-state index in [1.54, 1.807) is 16.4 Å². The van der Waals surface area contributed by atoms with Crippen LogP contribution in [-0.4, -0.2) is 62.3 Å². The number of nitrogens with zero attached hydrogens (tertiary/aromatic N) is 2. The van der Waals surface area contributed by atoms with E-state index in [0.29, 0.717) is 36.9 Å². The van der Waals surface area contributed by atoms with Crippen molar-refractivity contribution in [2.75, 3.05) is 32.7 Å². The fourth-order valence-corrected chi connectivity index (χ4v) is 5.95. The second-order valence-corrected chi connectivity index (χ2v) is 10.6. The maximum absolute atomic E-state index is 12.7. The van der Waals surface area contributed by atoms with Gasteiger partial charge in [-0.1, -0.05) is 25.0 Å². The summed E-state index contributed by atoms with van der Waals surface area (Å²) in [5.74, 6) is 0.0618. The van der Waals surface area contributed by atoms with Gasteiger partial charge in [0.1, 0.15) is 0 Å². The maximum atomic E-state index is 12.7. The Morgan fingerprint density at radius 3 is 2.43 bits per heavy atom. The highest BCUT2D eigenvalue weighted by molar-refractivity contribution is 7.89. The molecule has 1 atom stereocenters. The smallest absolute Gasteiger partial charge is 0.243 e. The summed E-state index contributed by atoms with van der Waals surface area (Å²) in [5, 5.41) is 3.02. The minimum absolute atomic E-state index is 0.0618. The van der Waals surface area contributed by atoms with E-state index in [2.05, 4.69) is 17.1 Å². The number of nitrogens with one attached hydrogen (secondary N) is 1. The van der Waals surface area contributed by atoms with Gasteiger partial charge in [0.25, 0.3) is 0 Å². The Bertz CT molecular complexity index is 773. The molecule has 0 unspecified atom stereocenters. The Hall–Kier alpha value is -1.44. The number of rotatable bonds is 9. The normalized spacial score (nSPS) is 21.4. The number of amides is 1. The molecule has 0 radical (unpaired) electrons. The van der Waals surface area contributed by atoms with Gasteiger partial charge >= 0.3 is 0 Å². The van der Waals surface area contributed by atoms with Gasteiger partial charge in [0.15, 0.2) is 0 Å². The van der Waals surface area contributed by atoms with Crippen LogP contribution in [-0.2, 0) is 21.2 Å². The molecule has 2 fully saturated rings. The predicted octanol–water partition coefficient (Wildman–Crippen LogP) is 3.17. The van der Waals surface area contributed by atoms with Gasteiger partial charge in [0, 0.05) is 38.6 Å². The first-order valence-corrected chi connectivity index (χ1v) is 13.0. The van der Waals surface area contributed by atoms with Crippen LogP contribution < -0.4 is 5.32 Å². The lowest BCUT2D eigenvalue weighted by atomic mass is 10.0. The van der Waals surface area contributed by atoms with Crippen LogP contribution in [0.25, 0.3) is 0 Å². The molecule has 7 heteroatoms. The molecular formula is C23H37N3O3S. The van der Waals surface area contributed by atoms with Crippen molar-refractivity contribution in [2.45, 2.75) is 75.6 Å². The zero-order chi connectivity index (χ0) is 21.4. The van der Waals surface area contributed by atoms with Crippen molar-refractivity contribution in [1.82, 2.24) is 14.5 Å². The molecule has 168 valence electrons. The van der Waals surface area contributed by atoms with Crippen molar-refractivity contribution >= 4 is 15.9 Å². The lowest BCUT2D eigenvalue weighted by Crippen LogP contribution is -2.39. The molecule has 1 aromatic carbocycles. The van der Waals surface area contributed by atoms with Crippen LogP contribution >= 0.6 is 0 Å². The molecule has 0 bridgehead atoms. The largest absolute Gasteiger partial charge is 0.356 e. The predicted molar refractivity (Wildman–Crippen MR) is 120 cm³/mol. The molecule has 0 saturated carbocycles. The second kappa shape index (κ2) is 11.3. The third-order valence-electron chi connectivity index (χ3n) is 6.40. The molecule has 2 heterocycles. The van der Waals surface area contributed by atoms with Crippen molar-refractivity contribution in [1.29, 1.82) is 0 Å². The monoisotopic (exact) mass is 435 g/mol. The van der Waals surface area contributed by atoms with Gasteiger partial charge < -0.3 is 10.2 Å². The minimum atomic E-state index is -3.39. The van der Waals surface area contributed by atoms with E-state index in [9.17, 15) is 13.2 Å². The van der Waals surface area contributed by atoms with E-state index in [4.69, 9.17) is 0 Å². The minimum Gasteiger partial charge on any atom is -0.356 e. The van der Waals surface area contributed by atoms with Crippen LogP contribution in [0.5, 0.6) is 0 Å². The van der Waals surface area contributed by atoms with Gasteiger partial charge in [0.2, 0.25) is 15.9 Å². The Morgan fingerprint density at radius 2 is 1.73 bits per heavy atom. The van der Waals surface area contributed by atoms with E-state index in [1.165, 1.54) is 25.8 Å². The summed E-state index contributed by atoms with van der Waals surface area (Å²) in [4.78, 5) is 15.0. The lowest BCUT2D eigenvalue weighted by molar-refractivity contribution is -0.121. The average Bonchev–Trinajstić information content (AvgIpc) is 2.77. The molecule has 6 nitrogen and oxygen atoms in total. The first-order valence-electron chi connectivity index (χ1n) is 11.6. The van der Waals surface area contributed by atoms with Crippen molar-refractivity contribution in [3.05, 3.63) is 29.8 Å². The van der Waals surface area contributed by atoms with Crippen LogP contribution in [0.15, 0.2) is 29.2 Å². The summed E-state index contributed by atoms with van der Waals surface area (Å²) in [6, 6.07) is 7.69. The molecule has 1 aromatic rings. The van der Waals surface area contributed by atoms with Crippen LogP contribution in [0.3, 0.4) is 0 Å². The summed E-state index contributed by atoms with van der Waals surface area (Å²) in [7, 11) is -3.39. The highest BCUT2D eigenvalue weighted by atomic mass is 32.2. The number of sulfonamides is 1. The summed E-state index contributed by atoms with van der Waals surface area (Å²) < 4.78 is 27.0. The summed E-state index contributed by atoms with van der Waals surface area (Å²) in [5.41, 5.74) is 0.991. The Morgan fingerprint density at radius 1 is 1.03 bits per heavy atom. The van der Waals surface area contributed by atoms with Crippen LogP contribution in [0, 0.1) is 0 Å². The molecule has 1 amide bonds. The molecule has 2 saturated heterocycles. The molecule has 0 aliphatic carbocycles. The number of aryl methyl sites for hydroxylation is 1. The fraction of sp³-hybridized carbons (Fsp3) is 0.696. The Kier molecular flexibility index (Phi) is 8.72. The van der Waals surface area contributed by atoms with Crippen molar-refractivity contribution < 1.29 is 13.2 Å². The maximum Gasteiger partial charge on any atom is 0.243 e. The number of carbonyl (C=O) groups excluding carboxylic acids is 1. The molecular weight excluding hydrogens is 398 g/mol.